The second kappa shape index (κ2) is 7.85. The lowest BCUT2D eigenvalue weighted by Gasteiger charge is -2.15. The molecule has 0 saturated carbocycles. The number of nitrogens with one attached hydrogen (secondary N) is 2. The monoisotopic (exact) mass is 389 g/mol. The summed E-state index contributed by atoms with van der Waals surface area (Å²) in [7, 11) is 0. The maximum Gasteiger partial charge on any atom is 0.274 e. The van der Waals surface area contributed by atoms with Crippen molar-refractivity contribution in [3.8, 4) is 0 Å². The minimum Gasteiger partial charge on any atom is -0.292 e. The summed E-state index contributed by atoms with van der Waals surface area (Å²) < 4.78 is 53.4. The van der Waals surface area contributed by atoms with Crippen LogP contribution < -0.4 is 10.9 Å². The SMILES string of the molecule is CSc1nc(C(C)C)nc(C)c1C(=O)NNc1c(F)c(F)nc(F)c1F. The van der Waals surface area contributed by atoms with Gasteiger partial charge >= 0.3 is 0 Å². The van der Waals surface area contributed by atoms with Gasteiger partial charge in [-0.2, -0.15) is 22.5 Å². The summed E-state index contributed by atoms with van der Waals surface area (Å²) in [4.78, 5) is 23.3. The lowest BCUT2D eigenvalue weighted by molar-refractivity contribution is 0.0957. The largest absolute Gasteiger partial charge is 0.292 e. The highest BCUT2D eigenvalue weighted by Gasteiger charge is 2.23. The van der Waals surface area contributed by atoms with E-state index in [0.717, 1.165) is 0 Å². The number of aromatic nitrogens is 3. The normalized spacial score (nSPS) is 11.0. The van der Waals surface area contributed by atoms with Gasteiger partial charge in [0.05, 0.1) is 11.3 Å². The second-order valence-corrected chi connectivity index (χ2v) is 6.28. The van der Waals surface area contributed by atoms with Crippen molar-refractivity contribution in [2.45, 2.75) is 31.7 Å². The Kier molecular flexibility index (Phi) is 6.01. The Bertz CT molecular complexity index is 836. The Labute approximate surface area is 150 Å². The minimum absolute atomic E-state index is 0.0285. The fraction of sp³-hybridized carbons (Fsp3) is 0.333. The number of carbonyl (C=O) groups excluding carboxylic acids is 1. The topological polar surface area (TPSA) is 79.8 Å². The number of nitrogens with zero attached hydrogens (tertiary/aromatic N) is 3. The van der Waals surface area contributed by atoms with Gasteiger partial charge in [-0.3, -0.25) is 15.6 Å². The number of amides is 1. The molecule has 2 N–H and O–H groups in total. The van der Waals surface area contributed by atoms with Gasteiger partial charge in [0, 0.05) is 5.92 Å². The van der Waals surface area contributed by atoms with E-state index in [0.29, 0.717) is 16.5 Å². The highest BCUT2D eigenvalue weighted by molar-refractivity contribution is 7.98. The van der Waals surface area contributed by atoms with E-state index in [1.54, 1.807) is 13.2 Å². The fourth-order valence-corrected chi connectivity index (χ4v) is 2.64. The van der Waals surface area contributed by atoms with Gasteiger partial charge in [0.25, 0.3) is 17.8 Å². The summed E-state index contributed by atoms with van der Waals surface area (Å²) in [5.41, 5.74) is 3.05. The molecular formula is C15H15F4N5OS. The van der Waals surface area contributed by atoms with Gasteiger partial charge in [0.1, 0.15) is 16.5 Å². The van der Waals surface area contributed by atoms with Crippen LogP contribution in [0.15, 0.2) is 5.03 Å². The van der Waals surface area contributed by atoms with Gasteiger partial charge in [0.15, 0.2) is 0 Å². The summed E-state index contributed by atoms with van der Waals surface area (Å²) >= 11 is 1.18. The molecule has 0 unspecified atom stereocenters. The molecular weight excluding hydrogens is 374 g/mol. The molecule has 140 valence electrons. The molecule has 11 heteroatoms. The van der Waals surface area contributed by atoms with Crippen molar-refractivity contribution in [3.05, 3.63) is 40.6 Å². The first-order valence-corrected chi connectivity index (χ1v) is 8.58. The van der Waals surface area contributed by atoms with E-state index >= 15 is 0 Å². The van der Waals surface area contributed by atoms with Crippen molar-refractivity contribution < 1.29 is 22.4 Å². The maximum atomic E-state index is 13.6. The van der Waals surface area contributed by atoms with Crippen LogP contribution in [0.2, 0.25) is 0 Å². The standard InChI is InChI=1S/C15H15F4N5OS/c1-5(2)13-20-6(3)7(15(22-13)26-4)14(25)24-23-10-8(16)11(18)21-12(19)9(10)17/h5H,1-4H3,(H,21,23)(H,24,25). The van der Waals surface area contributed by atoms with Crippen LogP contribution in [0.1, 0.15) is 41.6 Å². The highest BCUT2D eigenvalue weighted by Crippen LogP contribution is 2.24. The molecule has 2 aromatic rings. The van der Waals surface area contributed by atoms with E-state index in [-0.39, 0.29) is 11.5 Å². The van der Waals surface area contributed by atoms with Crippen molar-refractivity contribution in [1.82, 2.24) is 20.4 Å². The number of hydrogen-bond donors (Lipinski definition) is 2. The molecule has 26 heavy (non-hydrogen) atoms. The average molecular weight is 389 g/mol. The molecule has 2 heterocycles. The van der Waals surface area contributed by atoms with Gasteiger partial charge in [-0.15, -0.1) is 11.8 Å². The fourth-order valence-electron chi connectivity index (χ4n) is 2.01. The van der Waals surface area contributed by atoms with Crippen LogP contribution >= 0.6 is 11.8 Å². The molecule has 0 fully saturated rings. The Balaban J connectivity index is 2.32. The Hall–Kier alpha value is -2.43. The van der Waals surface area contributed by atoms with Crippen LogP contribution in [0, 0.1) is 30.5 Å². The lowest BCUT2D eigenvalue weighted by atomic mass is 10.1. The van der Waals surface area contributed by atoms with Crippen LogP contribution in [-0.4, -0.2) is 27.1 Å². The lowest BCUT2D eigenvalue weighted by Crippen LogP contribution is -2.32. The third-order valence-corrected chi connectivity index (χ3v) is 3.99. The van der Waals surface area contributed by atoms with Crippen molar-refractivity contribution >= 4 is 23.4 Å². The molecule has 0 spiro atoms. The zero-order valence-electron chi connectivity index (χ0n) is 14.2. The summed E-state index contributed by atoms with van der Waals surface area (Å²) in [5.74, 6) is -7.47. The quantitative estimate of drug-likeness (QED) is 0.268. The number of carbonyl (C=O) groups is 1. The first-order chi connectivity index (χ1) is 12.2. The maximum absolute atomic E-state index is 13.6. The molecule has 2 rings (SSSR count). The number of hydrazine groups is 1. The zero-order chi connectivity index (χ0) is 19.6. The molecule has 2 aromatic heterocycles. The average Bonchev–Trinajstić information content (AvgIpc) is 2.58. The van der Waals surface area contributed by atoms with Crippen LogP contribution in [0.5, 0.6) is 0 Å². The first kappa shape index (κ1) is 19.9. The number of anilines is 1. The third-order valence-electron chi connectivity index (χ3n) is 3.31. The summed E-state index contributed by atoms with van der Waals surface area (Å²) in [5, 5.41) is 0.355. The zero-order valence-corrected chi connectivity index (χ0v) is 15.1. The predicted molar refractivity (Wildman–Crippen MR) is 87.8 cm³/mol. The van der Waals surface area contributed by atoms with E-state index in [1.807, 2.05) is 24.7 Å². The van der Waals surface area contributed by atoms with Crippen molar-refractivity contribution in [3.63, 3.8) is 0 Å². The summed E-state index contributed by atoms with van der Waals surface area (Å²) in [6.45, 7) is 5.35. The third kappa shape index (κ3) is 3.87. The number of pyridine rings is 1. The molecule has 1 amide bonds. The number of rotatable bonds is 5. The molecule has 0 aliphatic heterocycles. The highest BCUT2D eigenvalue weighted by atomic mass is 32.2. The van der Waals surface area contributed by atoms with E-state index in [1.165, 1.54) is 11.8 Å². The van der Waals surface area contributed by atoms with E-state index < -0.39 is 35.1 Å². The van der Waals surface area contributed by atoms with E-state index in [9.17, 15) is 22.4 Å². The molecule has 0 aliphatic carbocycles. The van der Waals surface area contributed by atoms with Crippen LogP contribution in [0.25, 0.3) is 0 Å². The van der Waals surface area contributed by atoms with E-state index in [2.05, 4.69) is 15.0 Å². The Morgan fingerprint density at radius 1 is 1.04 bits per heavy atom. The van der Waals surface area contributed by atoms with Gasteiger partial charge in [-0.05, 0) is 13.2 Å². The Morgan fingerprint density at radius 2 is 1.62 bits per heavy atom. The minimum atomic E-state index is -1.84. The van der Waals surface area contributed by atoms with Crippen LogP contribution in [-0.2, 0) is 0 Å². The molecule has 0 saturated heterocycles. The van der Waals surface area contributed by atoms with E-state index in [4.69, 9.17) is 0 Å². The predicted octanol–water partition coefficient (Wildman–Crippen LogP) is 3.34. The molecule has 0 radical (unpaired) electrons. The van der Waals surface area contributed by atoms with Crippen molar-refractivity contribution in [1.29, 1.82) is 0 Å². The molecule has 0 aromatic carbocycles. The van der Waals surface area contributed by atoms with Gasteiger partial charge in [-0.25, -0.2) is 9.97 Å². The summed E-state index contributed by atoms with van der Waals surface area (Å²) in [6, 6.07) is 0. The summed E-state index contributed by atoms with van der Waals surface area (Å²) in [6.07, 6.45) is 1.70. The van der Waals surface area contributed by atoms with Crippen molar-refractivity contribution in [2.24, 2.45) is 0 Å². The van der Waals surface area contributed by atoms with Gasteiger partial charge in [0.2, 0.25) is 11.6 Å². The first-order valence-electron chi connectivity index (χ1n) is 7.36. The molecule has 0 atom stereocenters. The molecule has 0 bridgehead atoms. The number of thioether (sulfide) groups is 1. The van der Waals surface area contributed by atoms with Gasteiger partial charge in [-0.1, -0.05) is 13.8 Å². The van der Waals surface area contributed by atoms with Crippen molar-refractivity contribution in [2.75, 3.05) is 11.7 Å². The van der Waals surface area contributed by atoms with Gasteiger partial charge < -0.3 is 0 Å². The molecule has 0 aliphatic rings. The number of aryl methyl sites for hydroxylation is 1. The second-order valence-electron chi connectivity index (χ2n) is 5.48. The Morgan fingerprint density at radius 3 is 2.12 bits per heavy atom. The molecule has 6 nitrogen and oxygen atoms in total. The van der Waals surface area contributed by atoms with Crippen LogP contribution in [0.4, 0.5) is 23.2 Å². The number of hydrogen-bond acceptors (Lipinski definition) is 6. The van der Waals surface area contributed by atoms with Crippen LogP contribution in [0.3, 0.4) is 0 Å². The smallest absolute Gasteiger partial charge is 0.274 e. The number of halogens is 4.